The Morgan fingerprint density at radius 3 is 2.08 bits per heavy atom. The minimum Gasteiger partial charge on any atom is -0.508 e. The highest BCUT2D eigenvalue weighted by Gasteiger charge is 2.03. The summed E-state index contributed by atoms with van der Waals surface area (Å²) in [6.07, 6.45) is 0. The summed E-state index contributed by atoms with van der Waals surface area (Å²) in [7, 11) is 0. The molecule has 1 nitrogen and oxygen atoms in total. The van der Waals surface area contributed by atoms with Crippen molar-refractivity contribution in [2.45, 2.75) is 6.92 Å². The van der Waals surface area contributed by atoms with Crippen LogP contribution in [0.4, 0.5) is 8.78 Å². The van der Waals surface area contributed by atoms with E-state index in [9.17, 15) is 8.78 Å². The zero-order valence-corrected chi connectivity index (χ0v) is 6.51. The molecule has 0 saturated carbocycles. The van der Waals surface area contributed by atoms with E-state index in [0.29, 0.717) is 0 Å². The Morgan fingerprint density at radius 1 is 1.17 bits per heavy atom. The monoisotopic (exact) mass is 170 g/mol. The first-order valence-electron chi connectivity index (χ1n) is 3.42. The molecule has 1 aromatic carbocycles. The van der Waals surface area contributed by atoms with Crippen LogP contribution in [0.25, 0.3) is 5.83 Å². The molecule has 1 N–H and O–H groups in total. The molecule has 0 aliphatic heterocycles. The van der Waals surface area contributed by atoms with Crippen molar-refractivity contribution in [2.75, 3.05) is 0 Å². The van der Waals surface area contributed by atoms with E-state index < -0.39 is 11.7 Å². The van der Waals surface area contributed by atoms with Crippen LogP contribution in [0.3, 0.4) is 0 Å². The number of aromatic hydroxyl groups is 1. The lowest BCUT2D eigenvalue weighted by Gasteiger charge is -1.97. The molecule has 1 aromatic rings. The molecule has 0 atom stereocenters. The maximum absolute atomic E-state index is 12.8. The molecule has 0 spiro atoms. The van der Waals surface area contributed by atoms with Gasteiger partial charge in [0.1, 0.15) is 11.6 Å². The van der Waals surface area contributed by atoms with Crippen molar-refractivity contribution in [3.8, 4) is 5.75 Å². The lowest BCUT2D eigenvalue weighted by Crippen LogP contribution is -1.78. The first-order chi connectivity index (χ1) is 5.61. The Labute approximate surface area is 69.0 Å². The second kappa shape index (κ2) is 3.34. The Morgan fingerprint density at radius 2 is 1.67 bits per heavy atom. The quantitative estimate of drug-likeness (QED) is 0.686. The summed E-state index contributed by atoms with van der Waals surface area (Å²) in [5, 5.41) is 8.84. The summed E-state index contributed by atoms with van der Waals surface area (Å²) in [5.41, 5.74) is 0.132. The summed E-state index contributed by atoms with van der Waals surface area (Å²) in [5.74, 6) is -1.72. The summed E-state index contributed by atoms with van der Waals surface area (Å²) >= 11 is 0. The Hall–Kier alpha value is -1.38. The number of hydrogen-bond donors (Lipinski definition) is 1. The number of halogens is 2. The lowest BCUT2D eigenvalue weighted by atomic mass is 10.2. The van der Waals surface area contributed by atoms with E-state index in [1.165, 1.54) is 24.3 Å². The second-order valence-corrected chi connectivity index (χ2v) is 2.39. The first-order valence-corrected chi connectivity index (χ1v) is 3.42. The van der Waals surface area contributed by atoms with Gasteiger partial charge in [-0.1, -0.05) is 0 Å². The van der Waals surface area contributed by atoms with E-state index in [1.807, 2.05) is 0 Å². The summed E-state index contributed by atoms with van der Waals surface area (Å²) in [6.45, 7) is 1.04. The maximum atomic E-state index is 12.8. The van der Waals surface area contributed by atoms with E-state index in [-0.39, 0.29) is 11.3 Å². The standard InChI is InChI=1S/C9H8F2O/c1-6(10)9(11)7-2-4-8(12)5-3-7/h2-5,12H,1H3. The van der Waals surface area contributed by atoms with Gasteiger partial charge < -0.3 is 5.11 Å². The zero-order chi connectivity index (χ0) is 9.14. The lowest BCUT2D eigenvalue weighted by molar-refractivity contribution is 0.475. The highest BCUT2D eigenvalue weighted by molar-refractivity contribution is 5.60. The van der Waals surface area contributed by atoms with Crippen molar-refractivity contribution in [1.29, 1.82) is 0 Å². The van der Waals surface area contributed by atoms with E-state index >= 15 is 0 Å². The van der Waals surface area contributed by atoms with Gasteiger partial charge in [0.15, 0.2) is 5.83 Å². The average molecular weight is 170 g/mol. The first kappa shape index (κ1) is 8.71. The summed E-state index contributed by atoms with van der Waals surface area (Å²) in [6, 6.07) is 5.23. The molecule has 0 aromatic heterocycles. The summed E-state index contributed by atoms with van der Waals surface area (Å²) < 4.78 is 25.1. The van der Waals surface area contributed by atoms with Crippen molar-refractivity contribution in [2.24, 2.45) is 0 Å². The minimum atomic E-state index is -0.894. The molecule has 0 amide bonds. The van der Waals surface area contributed by atoms with Gasteiger partial charge in [0, 0.05) is 5.56 Å². The Bertz CT molecular complexity index is 297. The zero-order valence-electron chi connectivity index (χ0n) is 6.51. The van der Waals surface area contributed by atoms with Crippen LogP contribution in [0.15, 0.2) is 30.1 Å². The molecule has 0 aliphatic carbocycles. The molecule has 0 fully saturated rings. The van der Waals surface area contributed by atoms with E-state index in [2.05, 4.69) is 0 Å². The third kappa shape index (κ3) is 1.81. The van der Waals surface area contributed by atoms with Crippen LogP contribution in [0, 0.1) is 0 Å². The SMILES string of the molecule is CC(F)=C(F)c1ccc(O)cc1. The smallest absolute Gasteiger partial charge is 0.161 e. The van der Waals surface area contributed by atoms with Crippen LogP contribution in [-0.4, -0.2) is 5.11 Å². The molecule has 0 aliphatic rings. The molecule has 64 valence electrons. The Kier molecular flexibility index (Phi) is 2.43. The molecule has 3 heteroatoms. The van der Waals surface area contributed by atoms with E-state index in [4.69, 9.17) is 5.11 Å². The topological polar surface area (TPSA) is 20.2 Å². The number of phenolic OH excluding ortho intramolecular Hbond substituents is 1. The molecule has 0 heterocycles. The molecule has 1 rings (SSSR count). The maximum Gasteiger partial charge on any atom is 0.161 e. The molecule has 0 unspecified atom stereocenters. The molecule has 0 radical (unpaired) electrons. The number of rotatable bonds is 1. The van der Waals surface area contributed by atoms with Gasteiger partial charge in [0.25, 0.3) is 0 Å². The molecular formula is C9H8F2O. The largest absolute Gasteiger partial charge is 0.508 e. The van der Waals surface area contributed by atoms with Crippen LogP contribution >= 0.6 is 0 Å². The molecule has 12 heavy (non-hydrogen) atoms. The van der Waals surface area contributed by atoms with Gasteiger partial charge in [0.05, 0.1) is 0 Å². The van der Waals surface area contributed by atoms with Gasteiger partial charge in [-0.05, 0) is 31.2 Å². The fraction of sp³-hybridized carbons (Fsp3) is 0.111. The fourth-order valence-electron chi connectivity index (χ4n) is 0.807. The fourth-order valence-corrected chi connectivity index (χ4v) is 0.807. The van der Waals surface area contributed by atoms with E-state index in [1.54, 1.807) is 0 Å². The van der Waals surface area contributed by atoms with Gasteiger partial charge in [-0.25, -0.2) is 8.78 Å². The molecule has 0 bridgehead atoms. The molecular weight excluding hydrogens is 162 g/mol. The third-order valence-corrected chi connectivity index (χ3v) is 1.42. The van der Waals surface area contributed by atoms with Crippen LogP contribution in [-0.2, 0) is 0 Å². The highest BCUT2D eigenvalue weighted by atomic mass is 19.2. The number of phenols is 1. The van der Waals surface area contributed by atoms with Crippen LogP contribution in [0.1, 0.15) is 12.5 Å². The predicted molar refractivity (Wildman–Crippen MR) is 42.9 cm³/mol. The third-order valence-electron chi connectivity index (χ3n) is 1.42. The second-order valence-electron chi connectivity index (χ2n) is 2.39. The number of benzene rings is 1. The van der Waals surface area contributed by atoms with Crippen molar-refractivity contribution in [1.82, 2.24) is 0 Å². The van der Waals surface area contributed by atoms with Crippen molar-refractivity contribution in [3.05, 3.63) is 35.7 Å². The van der Waals surface area contributed by atoms with Crippen molar-refractivity contribution in [3.63, 3.8) is 0 Å². The van der Waals surface area contributed by atoms with Gasteiger partial charge >= 0.3 is 0 Å². The van der Waals surface area contributed by atoms with Crippen LogP contribution in [0.5, 0.6) is 5.75 Å². The van der Waals surface area contributed by atoms with E-state index in [0.717, 1.165) is 6.92 Å². The number of hydrogen-bond acceptors (Lipinski definition) is 1. The minimum absolute atomic E-state index is 0.0306. The van der Waals surface area contributed by atoms with Crippen molar-refractivity contribution < 1.29 is 13.9 Å². The molecule has 0 saturated heterocycles. The summed E-state index contributed by atoms with van der Waals surface area (Å²) in [4.78, 5) is 0. The van der Waals surface area contributed by atoms with Gasteiger partial charge in [-0.2, -0.15) is 0 Å². The normalized spacial score (nSPS) is 12.6. The average Bonchev–Trinajstić information content (AvgIpc) is 2.04. The Balaban J connectivity index is 3.06. The van der Waals surface area contributed by atoms with Gasteiger partial charge in [-0.15, -0.1) is 0 Å². The predicted octanol–water partition coefficient (Wildman–Crippen LogP) is 3.02. The van der Waals surface area contributed by atoms with Gasteiger partial charge in [-0.3, -0.25) is 0 Å². The van der Waals surface area contributed by atoms with Gasteiger partial charge in [0.2, 0.25) is 0 Å². The van der Waals surface area contributed by atoms with Crippen LogP contribution < -0.4 is 0 Å². The van der Waals surface area contributed by atoms with Crippen LogP contribution in [0.2, 0.25) is 0 Å². The highest BCUT2D eigenvalue weighted by Crippen LogP contribution is 2.22. The van der Waals surface area contributed by atoms with Crippen molar-refractivity contribution >= 4 is 5.83 Å². The number of allylic oxidation sites excluding steroid dienone is 1.